The minimum absolute atomic E-state index is 0.0726. The second-order valence-corrected chi connectivity index (χ2v) is 9.60. The first-order valence-electron chi connectivity index (χ1n) is 12.2. The minimum Gasteiger partial charge on any atom is -0.369 e. The number of carbonyl (C=O) groups excluding carboxylic acids is 1. The molecule has 2 aromatic rings. The van der Waals surface area contributed by atoms with Crippen molar-refractivity contribution in [1.82, 2.24) is 24.4 Å². The lowest BCUT2D eigenvalue weighted by atomic mass is 10.0. The van der Waals surface area contributed by atoms with Gasteiger partial charge in [-0.05, 0) is 30.9 Å². The number of pyridine rings is 1. The van der Waals surface area contributed by atoms with Crippen LogP contribution in [0.2, 0.25) is 0 Å². The first-order chi connectivity index (χ1) is 16.3. The smallest absolute Gasteiger partial charge is 0.266 e. The molecule has 2 unspecified atom stereocenters. The van der Waals surface area contributed by atoms with E-state index in [9.17, 15) is 4.79 Å². The molecule has 1 fully saturated rings. The Bertz CT molecular complexity index is 1100. The van der Waals surface area contributed by atoms with Crippen LogP contribution in [0.25, 0.3) is 0 Å². The Balaban J connectivity index is 1.51. The van der Waals surface area contributed by atoms with Crippen LogP contribution in [0, 0.1) is 11.3 Å². The zero-order chi connectivity index (χ0) is 24.4. The Hall–Kier alpha value is -3.18. The van der Waals surface area contributed by atoms with E-state index in [1.54, 1.807) is 29.0 Å². The number of allylic oxidation sites excluding steroid dienone is 1. The highest BCUT2D eigenvalue weighted by atomic mass is 16.2. The summed E-state index contributed by atoms with van der Waals surface area (Å²) in [5, 5.41) is 10.6. The first-order valence-corrected chi connectivity index (χ1v) is 12.2. The van der Waals surface area contributed by atoms with E-state index in [2.05, 4.69) is 65.7 Å². The van der Waals surface area contributed by atoms with Crippen molar-refractivity contribution in [2.45, 2.75) is 65.0 Å². The molecule has 180 valence electrons. The maximum atomic E-state index is 12.9. The average Bonchev–Trinajstić information content (AvgIpc) is 3.19. The summed E-state index contributed by atoms with van der Waals surface area (Å²) in [5.74, 6) is 1.15. The van der Waals surface area contributed by atoms with Gasteiger partial charge in [-0.3, -0.25) is 14.7 Å². The van der Waals surface area contributed by atoms with Crippen LogP contribution in [-0.2, 0) is 17.6 Å². The summed E-state index contributed by atoms with van der Waals surface area (Å²) in [5.41, 5.74) is 4.07. The number of aromatic nitrogens is 3. The maximum Gasteiger partial charge on any atom is 0.266 e. The maximum absolute atomic E-state index is 12.9. The van der Waals surface area contributed by atoms with Crippen LogP contribution in [0.5, 0.6) is 0 Å². The summed E-state index contributed by atoms with van der Waals surface area (Å²) in [4.78, 5) is 27.1. The fraction of sp³-hybridized carbons (Fsp3) is 0.538. The molecule has 0 bridgehead atoms. The molecule has 2 aliphatic heterocycles. The van der Waals surface area contributed by atoms with Gasteiger partial charge >= 0.3 is 0 Å². The van der Waals surface area contributed by atoms with Crippen LogP contribution < -0.4 is 5.01 Å². The summed E-state index contributed by atoms with van der Waals surface area (Å²) >= 11 is 0. The first kappa shape index (κ1) is 24.0. The SMILES string of the molecule is CCC1CN(C(C)c2ccc(C(C)C)nc2)CCN1C1=CC(=O)N(C)n2cc(CC#N)nc2C1. The predicted octanol–water partition coefficient (Wildman–Crippen LogP) is 3.16. The number of nitriles is 1. The molecule has 1 amide bonds. The normalized spacial score (nSPS) is 20.1. The second kappa shape index (κ2) is 9.98. The number of rotatable bonds is 6. The predicted molar refractivity (Wildman–Crippen MR) is 132 cm³/mol. The number of fused-ring (bicyclic) bond motifs is 1. The van der Waals surface area contributed by atoms with Crippen molar-refractivity contribution in [1.29, 1.82) is 5.26 Å². The number of nitrogens with zero attached hydrogens (tertiary/aromatic N) is 7. The summed E-state index contributed by atoms with van der Waals surface area (Å²) in [6.07, 6.45) is 7.38. The molecule has 0 saturated carbocycles. The highest BCUT2D eigenvalue weighted by molar-refractivity contribution is 5.96. The molecule has 4 heterocycles. The Kier molecular flexibility index (Phi) is 7.03. The van der Waals surface area contributed by atoms with E-state index in [0.717, 1.165) is 43.3 Å². The zero-order valence-corrected chi connectivity index (χ0v) is 20.9. The molecule has 2 aromatic heterocycles. The highest BCUT2D eigenvalue weighted by Gasteiger charge is 2.32. The van der Waals surface area contributed by atoms with E-state index in [4.69, 9.17) is 5.26 Å². The van der Waals surface area contributed by atoms with Crippen molar-refractivity contribution < 1.29 is 4.79 Å². The van der Waals surface area contributed by atoms with Gasteiger partial charge in [-0.2, -0.15) is 5.26 Å². The number of amides is 1. The molecule has 4 rings (SSSR count). The van der Waals surface area contributed by atoms with Gasteiger partial charge in [0.1, 0.15) is 5.82 Å². The van der Waals surface area contributed by atoms with Gasteiger partial charge in [0, 0.05) is 68.9 Å². The van der Waals surface area contributed by atoms with Crippen LogP contribution >= 0.6 is 0 Å². The van der Waals surface area contributed by atoms with Crippen LogP contribution in [0.3, 0.4) is 0 Å². The molecule has 8 heteroatoms. The fourth-order valence-electron chi connectivity index (χ4n) is 4.92. The summed E-state index contributed by atoms with van der Waals surface area (Å²) in [7, 11) is 1.75. The molecule has 0 aliphatic carbocycles. The van der Waals surface area contributed by atoms with E-state index in [1.165, 1.54) is 5.56 Å². The van der Waals surface area contributed by atoms with Crippen LogP contribution in [-0.4, -0.2) is 63.1 Å². The molecular weight excluding hydrogens is 426 g/mol. The zero-order valence-electron chi connectivity index (χ0n) is 20.9. The van der Waals surface area contributed by atoms with Gasteiger partial charge in [0.05, 0.1) is 24.4 Å². The summed E-state index contributed by atoms with van der Waals surface area (Å²) in [6.45, 7) is 11.5. The van der Waals surface area contributed by atoms with Crippen molar-refractivity contribution in [3.8, 4) is 6.07 Å². The molecule has 1 saturated heterocycles. The Morgan fingerprint density at radius 1 is 1.24 bits per heavy atom. The van der Waals surface area contributed by atoms with Gasteiger partial charge in [-0.25, -0.2) is 14.7 Å². The topological polar surface area (TPSA) is 81.3 Å². The third-order valence-electron chi connectivity index (χ3n) is 7.13. The molecule has 0 N–H and O–H groups in total. The number of hydrogen-bond donors (Lipinski definition) is 0. The van der Waals surface area contributed by atoms with Gasteiger partial charge in [-0.1, -0.05) is 26.8 Å². The largest absolute Gasteiger partial charge is 0.369 e. The van der Waals surface area contributed by atoms with Crippen molar-refractivity contribution in [3.05, 3.63) is 59.1 Å². The minimum atomic E-state index is -0.0726. The van der Waals surface area contributed by atoms with Crippen LogP contribution in [0.4, 0.5) is 0 Å². The van der Waals surface area contributed by atoms with Gasteiger partial charge in [0.25, 0.3) is 5.91 Å². The summed E-state index contributed by atoms with van der Waals surface area (Å²) < 4.78 is 1.78. The third kappa shape index (κ3) is 4.71. The van der Waals surface area contributed by atoms with Crippen molar-refractivity contribution >= 4 is 5.91 Å². The third-order valence-corrected chi connectivity index (χ3v) is 7.13. The van der Waals surface area contributed by atoms with Crippen molar-refractivity contribution in [2.24, 2.45) is 0 Å². The quantitative estimate of drug-likeness (QED) is 0.657. The number of carbonyl (C=O) groups is 1. The average molecular weight is 462 g/mol. The van der Waals surface area contributed by atoms with E-state index in [1.807, 2.05) is 6.20 Å². The lowest BCUT2D eigenvalue weighted by molar-refractivity contribution is -0.115. The van der Waals surface area contributed by atoms with E-state index < -0.39 is 0 Å². The Labute approximate surface area is 202 Å². The molecule has 2 aliphatic rings. The van der Waals surface area contributed by atoms with Gasteiger partial charge in [-0.15, -0.1) is 0 Å². The molecule has 0 aromatic carbocycles. The number of piperazine rings is 1. The van der Waals surface area contributed by atoms with Gasteiger partial charge in [0.15, 0.2) is 0 Å². The fourth-order valence-corrected chi connectivity index (χ4v) is 4.92. The Morgan fingerprint density at radius 3 is 2.68 bits per heavy atom. The molecule has 2 atom stereocenters. The molecule has 8 nitrogen and oxygen atoms in total. The monoisotopic (exact) mass is 461 g/mol. The van der Waals surface area contributed by atoms with E-state index in [0.29, 0.717) is 24.1 Å². The lowest BCUT2D eigenvalue weighted by Crippen LogP contribution is -2.53. The van der Waals surface area contributed by atoms with Gasteiger partial charge < -0.3 is 4.90 Å². The van der Waals surface area contributed by atoms with Crippen LogP contribution in [0.15, 0.2) is 36.3 Å². The number of hydrogen-bond acceptors (Lipinski definition) is 6. The van der Waals surface area contributed by atoms with E-state index in [-0.39, 0.29) is 18.4 Å². The summed E-state index contributed by atoms with van der Waals surface area (Å²) in [6, 6.07) is 7.10. The molecule has 0 spiro atoms. The Morgan fingerprint density at radius 2 is 2.03 bits per heavy atom. The number of likely N-dealkylation sites (N-methyl/N-ethyl adjacent to an activating group) is 1. The van der Waals surface area contributed by atoms with Crippen molar-refractivity contribution in [3.63, 3.8) is 0 Å². The van der Waals surface area contributed by atoms with Gasteiger partial charge in [0.2, 0.25) is 0 Å². The van der Waals surface area contributed by atoms with Crippen molar-refractivity contribution in [2.75, 3.05) is 31.7 Å². The standard InChI is InChI=1S/C26H35N7O/c1-6-22-17-31(19(4)20-7-8-24(18(2)3)28-15-20)11-12-32(22)23-13-25-29-21(9-10-27)16-33(25)30(5)26(34)14-23/h7-8,14-16,18-19,22H,6,9,11-13,17H2,1-5H3. The highest BCUT2D eigenvalue weighted by Crippen LogP contribution is 2.28. The molecular formula is C26H35N7O. The second-order valence-electron chi connectivity index (χ2n) is 9.60. The lowest BCUT2D eigenvalue weighted by Gasteiger charge is -2.45. The van der Waals surface area contributed by atoms with Crippen LogP contribution in [0.1, 0.15) is 68.9 Å². The molecule has 0 radical (unpaired) electrons. The van der Waals surface area contributed by atoms with E-state index >= 15 is 0 Å². The molecule has 34 heavy (non-hydrogen) atoms. The number of imidazole rings is 1.